The minimum absolute atomic E-state index is 0.207. The van der Waals surface area contributed by atoms with Crippen molar-refractivity contribution in [2.75, 3.05) is 5.32 Å². The van der Waals surface area contributed by atoms with Crippen LogP contribution in [0.25, 0.3) is 0 Å². The first kappa shape index (κ1) is 12.7. The minimum atomic E-state index is 0.207. The van der Waals surface area contributed by atoms with Gasteiger partial charge in [0.2, 0.25) is 5.91 Å². The third kappa shape index (κ3) is 2.68. The largest absolute Gasteiger partial charge is 0.326 e. The maximum Gasteiger partial charge on any atom is 0.224 e. The maximum absolute atomic E-state index is 12.2. The Kier molecular flexibility index (Phi) is 3.58. The number of anilines is 1. The minimum Gasteiger partial charge on any atom is -0.326 e. The molecule has 2 heteroatoms. The van der Waals surface area contributed by atoms with Crippen molar-refractivity contribution in [1.82, 2.24) is 0 Å². The van der Waals surface area contributed by atoms with Gasteiger partial charge in [-0.3, -0.25) is 4.79 Å². The fourth-order valence-corrected chi connectivity index (χ4v) is 4.02. The number of hydrogen-bond donors (Lipinski definition) is 1. The normalized spacial score (nSPS) is 28.6. The second-order valence-corrected chi connectivity index (χ2v) is 6.20. The summed E-state index contributed by atoms with van der Waals surface area (Å²) in [4.78, 5) is 12.2. The van der Waals surface area contributed by atoms with Crippen molar-refractivity contribution in [1.29, 1.82) is 0 Å². The Labute approximate surface area is 115 Å². The quantitative estimate of drug-likeness (QED) is 0.867. The van der Waals surface area contributed by atoms with Crippen LogP contribution in [-0.4, -0.2) is 5.91 Å². The average Bonchev–Trinajstić information content (AvgIpc) is 3.01. The molecule has 0 heterocycles. The first-order valence-electron chi connectivity index (χ1n) is 7.64. The highest BCUT2D eigenvalue weighted by atomic mass is 16.1. The van der Waals surface area contributed by atoms with E-state index < -0.39 is 0 Å². The van der Waals surface area contributed by atoms with E-state index in [9.17, 15) is 4.79 Å². The third-order valence-corrected chi connectivity index (χ3v) is 5.00. The van der Waals surface area contributed by atoms with Gasteiger partial charge in [-0.1, -0.05) is 31.5 Å². The highest BCUT2D eigenvalue weighted by Gasteiger charge is 2.40. The topological polar surface area (TPSA) is 29.1 Å². The fourth-order valence-electron chi connectivity index (χ4n) is 4.02. The van der Waals surface area contributed by atoms with Crippen molar-refractivity contribution >= 4 is 11.6 Å². The lowest BCUT2D eigenvalue weighted by Crippen LogP contribution is -2.20. The van der Waals surface area contributed by atoms with Gasteiger partial charge in [0.1, 0.15) is 0 Å². The molecule has 0 spiro atoms. The van der Waals surface area contributed by atoms with Crippen LogP contribution < -0.4 is 5.32 Å². The number of amides is 1. The zero-order chi connectivity index (χ0) is 13.2. The van der Waals surface area contributed by atoms with Gasteiger partial charge in [0.05, 0.1) is 0 Å². The molecule has 0 saturated heterocycles. The first-order chi connectivity index (χ1) is 9.26. The number of para-hydroxylation sites is 1. The molecule has 2 fully saturated rings. The highest BCUT2D eigenvalue weighted by Crippen LogP contribution is 2.49. The predicted octanol–water partition coefficient (Wildman–Crippen LogP) is 4.01. The molecular formula is C17H23NO. The van der Waals surface area contributed by atoms with Crippen molar-refractivity contribution in [2.45, 2.75) is 45.4 Å². The molecule has 19 heavy (non-hydrogen) atoms. The molecule has 2 saturated carbocycles. The summed E-state index contributed by atoms with van der Waals surface area (Å²) in [5.41, 5.74) is 2.22. The van der Waals surface area contributed by atoms with E-state index in [0.29, 0.717) is 5.92 Å². The van der Waals surface area contributed by atoms with Gasteiger partial charge in [0.25, 0.3) is 0 Å². The van der Waals surface area contributed by atoms with E-state index in [4.69, 9.17) is 0 Å². The van der Waals surface area contributed by atoms with Gasteiger partial charge in [-0.05, 0) is 55.1 Å². The average molecular weight is 257 g/mol. The molecule has 0 unspecified atom stereocenters. The van der Waals surface area contributed by atoms with Crippen LogP contribution in [0, 0.1) is 17.8 Å². The fraction of sp³-hybridized carbons (Fsp3) is 0.588. The van der Waals surface area contributed by atoms with E-state index >= 15 is 0 Å². The van der Waals surface area contributed by atoms with Crippen LogP contribution in [0.15, 0.2) is 24.3 Å². The predicted molar refractivity (Wildman–Crippen MR) is 78.0 cm³/mol. The summed E-state index contributed by atoms with van der Waals surface area (Å²) >= 11 is 0. The van der Waals surface area contributed by atoms with Gasteiger partial charge in [0.15, 0.2) is 0 Å². The van der Waals surface area contributed by atoms with Crippen molar-refractivity contribution in [3.8, 4) is 0 Å². The molecule has 0 radical (unpaired) electrons. The summed E-state index contributed by atoms with van der Waals surface area (Å²) in [6.07, 6.45) is 7.11. The molecule has 1 aromatic carbocycles. The second kappa shape index (κ2) is 5.36. The van der Waals surface area contributed by atoms with E-state index in [1.54, 1.807) is 0 Å². The number of hydrogen-bond acceptors (Lipinski definition) is 1. The van der Waals surface area contributed by atoms with Gasteiger partial charge in [-0.25, -0.2) is 0 Å². The number of benzene rings is 1. The van der Waals surface area contributed by atoms with Crippen LogP contribution in [0.2, 0.25) is 0 Å². The van der Waals surface area contributed by atoms with Gasteiger partial charge < -0.3 is 5.32 Å². The SMILES string of the molecule is CCc1ccccc1NC(=O)C[C@H]1C[C@H]2CC[C@@H]1C2. The van der Waals surface area contributed by atoms with E-state index in [1.165, 1.54) is 31.2 Å². The van der Waals surface area contributed by atoms with E-state index in [1.807, 2.05) is 18.2 Å². The third-order valence-electron chi connectivity index (χ3n) is 5.00. The molecule has 2 nitrogen and oxygen atoms in total. The monoisotopic (exact) mass is 257 g/mol. The van der Waals surface area contributed by atoms with Crippen molar-refractivity contribution in [3.63, 3.8) is 0 Å². The number of carbonyl (C=O) groups excluding carboxylic acids is 1. The Morgan fingerprint density at radius 1 is 1.26 bits per heavy atom. The lowest BCUT2D eigenvalue weighted by molar-refractivity contribution is -0.117. The van der Waals surface area contributed by atoms with Crippen LogP contribution in [0.3, 0.4) is 0 Å². The number of aryl methyl sites for hydroxylation is 1. The smallest absolute Gasteiger partial charge is 0.224 e. The molecule has 2 aliphatic rings. The Balaban J connectivity index is 1.59. The van der Waals surface area contributed by atoms with E-state index in [-0.39, 0.29) is 5.91 Å². The molecule has 1 aromatic rings. The summed E-state index contributed by atoms with van der Waals surface area (Å²) in [7, 11) is 0. The number of rotatable bonds is 4. The standard InChI is InChI=1S/C17H23NO/c1-2-13-5-3-4-6-16(13)18-17(19)11-15-10-12-7-8-14(15)9-12/h3-6,12,14-15H,2,7-11H2,1H3,(H,18,19)/t12-,14+,15+/m0/s1. The molecule has 2 aliphatic carbocycles. The molecule has 1 N–H and O–H groups in total. The molecule has 0 aliphatic heterocycles. The molecule has 1 amide bonds. The van der Waals surface area contributed by atoms with Gasteiger partial charge in [-0.2, -0.15) is 0 Å². The van der Waals surface area contributed by atoms with Crippen molar-refractivity contribution in [3.05, 3.63) is 29.8 Å². The lowest BCUT2D eigenvalue weighted by atomic mass is 9.86. The van der Waals surface area contributed by atoms with Crippen molar-refractivity contribution in [2.24, 2.45) is 17.8 Å². The Morgan fingerprint density at radius 3 is 2.79 bits per heavy atom. The Hall–Kier alpha value is -1.31. The number of nitrogens with one attached hydrogen (secondary N) is 1. The van der Waals surface area contributed by atoms with Crippen LogP contribution in [0.4, 0.5) is 5.69 Å². The summed E-state index contributed by atoms with van der Waals surface area (Å²) in [5, 5.41) is 3.11. The first-order valence-corrected chi connectivity index (χ1v) is 7.64. The molecule has 3 atom stereocenters. The van der Waals surface area contributed by atoms with E-state index in [2.05, 4.69) is 18.3 Å². The zero-order valence-electron chi connectivity index (χ0n) is 11.7. The summed E-state index contributed by atoms with van der Waals surface area (Å²) in [6.45, 7) is 2.13. The van der Waals surface area contributed by atoms with Gasteiger partial charge >= 0.3 is 0 Å². The van der Waals surface area contributed by atoms with Gasteiger partial charge in [0, 0.05) is 12.1 Å². The molecule has 0 aromatic heterocycles. The summed E-state index contributed by atoms with van der Waals surface area (Å²) < 4.78 is 0. The summed E-state index contributed by atoms with van der Waals surface area (Å²) in [6, 6.07) is 8.13. The van der Waals surface area contributed by atoms with Gasteiger partial charge in [-0.15, -0.1) is 0 Å². The Morgan fingerprint density at radius 2 is 2.11 bits per heavy atom. The van der Waals surface area contributed by atoms with Crippen molar-refractivity contribution < 1.29 is 4.79 Å². The van der Waals surface area contributed by atoms with Crippen LogP contribution in [0.5, 0.6) is 0 Å². The highest BCUT2D eigenvalue weighted by molar-refractivity contribution is 5.91. The molecule has 102 valence electrons. The number of carbonyl (C=O) groups is 1. The molecular weight excluding hydrogens is 234 g/mol. The number of fused-ring (bicyclic) bond motifs is 2. The van der Waals surface area contributed by atoms with E-state index in [0.717, 1.165) is 30.4 Å². The lowest BCUT2D eigenvalue weighted by Gasteiger charge is -2.21. The second-order valence-electron chi connectivity index (χ2n) is 6.20. The molecule has 3 rings (SSSR count). The van der Waals surface area contributed by atoms with Crippen LogP contribution in [0.1, 0.15) is 44.6 Å². The molecule has 2 bridgehead atoms. The Bertz CT molecular complexity index is 468. The van der Waals surface area contributed by atoms with Crippen LogP contribution in [-0.2, 0) is 11.2 Å². The maximum atomic E-state index is 12.2. The van der Waals surface area contributed by atoms with Crippen LogP contribution >= 0.6 is 0 Å². The zero-order valence-corrected chi connectivity index (χ0v) is 11.7. The summed E-state index contributed by atoms with van der Waals surface area (Å²) in [5.74, 6) is 2.61.